The number of methoxy groups -OCH3 is 1. The predicted molar refractivity (Wildman–Crippen MR) is 133 cm³/mol. The van der Waals surface area contributed by atoms with Gasteiger partial charge in [0.2, 0.25) is 0 Å². The van der Waals surface area contributed by atoms with Crippen LogP contribution in [-0.2, 0) is 6.54 Å². The first-order valence-corrected chi connectivity index (χ1v) is 12.0. The van der Waals surface area contributed by atoms with Gasteiger partial charge in [-0.15, -0.1) is 0 Å². The van der Waals surface area contributed by atoms with E-state index in [1.54, 1.807) is 30.8 Å². The van der Waals surface area contributed by atoms with E-state index < -0.39 is 0 Å². The molecule has 1 saturated carbocycles. The van der Waals surface area contributed by atoms with Crippen molar-refractivity contribution >= 4 is 32.5 Å². The number of aliphatic hydroxyl groups is 1. The van der Waals surface area contributed by atoms with E-state index in [2.05, 4.69) is 27.8 Å². The summed E-state index contributed by atoms with van der Waals surface area (Å²) in [6.07, 6.45) is 7.27. The van der Waals surface area contributed by atoms with E-state index in [-0.39, 0.29) is 12.1 Å². The molecule has 0 spiro atoms. The minimum atomic E-state index is -0.293. The Kier molecular flexibility index (Phi) is 6.37. The minimum absolute atomic E-state index is 0.0922. The van der Waals surface area contributed by atoms with E-state index in [1.165, 1.54) is 0 Å². The number of hydrogen-bond acceptors (Lipinski definition) is 8. The molecule has 170 valence electrons. The van der Waals surface area contributed by atoms with Crippen molar-refractivity contribution in [2.75, 3.05) is 17.7 Å². The topological polar surface area (TPSA) is 92.2 Å². The van der Waals surface area contributed by atoms with Crippen molar-refractivity contribution in [1.29, 1.82) is 0 Å². The van der Waals surface area contributed by atoms with Crippen LogP contribution in [0.2, 0.25) is 0 Å². The molecule has 0 saturated heterocycles. The molecule has 0 radical (unpaired) electrons. The van der Waals surface area contributed by atoms with Crippen LogP contribution >= 0.6 is 11.3 Å². The Labute approximate surface area is 196 Å². The van der Waals surface area contributed by atoms with E-state index in [0.29, 0.717) is 12.4 Å². The fourth-order valence-corrected chi connectivity index (χ4v) is 5.20. The van der Waals surface area contributed by atoms with Crippen LogP contribution in [0.1, 0.15) is 31.2 Å². The predicted octanol–water partition coefficient (Wildman–Crippen LogP) is 5.09. The van der Waals surface area contributed by atoms with Crippen LogP contribution in [0.4, 0.5) is 10.9 Å². The zero-order chi connectivity index (χ0) is 22.6. The number of hydrogen-bond donors (Lipinski definition) is 3. The van der Waals surface area contributed by atoms with Crippen LogP contribution in [0, 0.1) is 0 Å². The fourth-order valence-electron chi connectivity index (χ4n) is 4.21. The summed E-state index contributed by atoms with van der Waals surface area (Å²) in [4.78, 5) is 13.8. The number of nitrogens with one attached hydrogen (secondary N) is 2. The lowest BCUT2D eigenvalue weighted by molar-refractivity contribution is 0.116. The van der Waals surface area contributed by atoms with Crippen LogP contribution in [0.25, 0.3) is 21.5 Å². The molecule has 2 aromatic heterocycles. The third-order valence-electron chi connectivity index (χ3n) is 5.98. The van der Waals surface area contributed by atoms with Gasteiger partial charge in [-0.3, -0.25) is 4.98 Å². The largest absolute Gasteiger partial charge is 0.496 e. The second kappa shape index (κ2) is 9.72. The van der Waals surface area contributed by atoms with Crippen LogP contribution in [0.5, 0.6) is 5.75 Å². The van der Waals surface area contributed by atoms with Gasteiger partial charge in [0, 0.05) is 12.1 Å². The highest BCUT2D eigenvalue weighted by atomic mass is 32.1. The first-order valence-electron chi connectivity index (χ1n) is 11.2. The number of para-hydroxylation sites is 1. The summed E-state index contributed by atoms with van der Waals surface area (Å²) in [7, 11) is 1.65. The molecule has 2 heterocycles. The van der Waals surface area contributed by atoms with E-state index in [4.69, 9.17) is 14.7 Å². The summed E-state index contributed by atoms with van der Waals surface area (Å²) >= 11 is 1.63. The molecule has 3 N–H and O–H groups in total. The molecule has 2 atom stereocenters. The normalized spacial score (nSPS) is 18.2. The maximum atomic E-state index is 10.2. The van der Waals surface area contributed by atoms with Gasteiger partial charge in [-0.1, -0.05) is 42.4 Å². The van der Waals surface area contributed by atoms with Crippen molar-refractivity contribution in [1.82, 2.24) is 15.0 Å². The van der Waals surface area contributed by atoms with Gasteiger partial charge in [-0.2, -0.15) is 0 Å². The van der Waals surface area contributed by atoms with Gasteiger partial charge >= 0.3 is 0 Å². The summed E-state index contributed by atoms with van der Waals surface area (Å²) in [5, 5.41) is 17.9. The Morgan fingerprint density at radius 1 is 1.09 bits per heavy atom. The number of thiazole rings is 1. The summed E-state index contributed by atoms with van der Waals surface area (Å²) in [5.41, 5.74) is 3.77. The molecule has 1 aliphatic carbocycles. The summed E-state index contributed by atoms with van der Waals surface area (Å²) in [6.45, 7) is 0.627. The van der Waals surface area contributed by atoms with Crippen molar-refractivity contribution in [2.45, 2.75) is 44.4 Å². The van der Waals surface area contributed by atoms with Gasteiger partial charge in [0.25, 0.3) is 0 Å². The van der Waals surface area contributed by atoms with Gasteiger partial charge < -0.3 is 20.5 Å². The first kappa shape index (κ1) is 21.6. The lowest BCUT2D eigenvalue weighted by atomic mass is 9.93. The van der Waals surface area contributed by atoms with E-state index in [0.717, 1.165) is 63.6 Å². The average molecular weight is 462 g/mol. The molecule has 1 fully saturated rings. The summed E-state index contributed by atoms with van der Waals surface area (Å²) < 4.78 is 6.57. The molecular formula is C25H27N5O2S. The Morgan fingerprint density at radius 3 is 2.85 bits per heavy atom. The summed E-state index contributed by atoms with van der Waals surface area (Å²) in [5.74, 6) is 1.47. The van der Waals surface area contributed by atoms with Crippen LogP contribution in [0.3, 0.4) is 0 Å². The second-order valence-corrected chi connectivity index (χ2v) is 9.30. The average Bonchev–Trinajstić information content (AvgIpc) is 3.26. The maximum absolute atomic E-state index is 10.2. The Hall–Kier alpha value is -3.23. The number of fused-ring (bicyclic) bond motifs is 1. The molecule has 0 bridgehead atoms. The Balaban J connectivity index is 1.28. The van der Waals surface area contributed by atoms with Crippen molar-refractivity contribution in [3.8, 4) is 17.0 Å². The summed E-state index contributed by atoms with van der Waals surface area (Å²) in [6, 6.07) is 14.2. The number of anilines is 2. The number of benzene rings is 2. The van der Waals surface area contributed by atoms with Gasteiger partial charge in [0.1, 0.15) is 11.6 Å². The van der Waals surface area contributed by atoms with Crippen molar-refractivity contribution in [3.63, 3.8) is 0 Å². The van der Waals surface area contributed by atoms with Crippen molar-refractivity contribution in [3.05, 3.63) is 60.4 Å². The SMILES string of the molecule is COc1ccccc1-c1cncc(NCc2ccc3nc(NC4CCCC[C@H]4O)sc3c2)n1. The zero-order valence-corrected chi connectivity index (χ0v) is 19.3. The highest BCUT2D eigenvalue weighted by molar-refractivity contribution is 7.22. The van der Waals surface area contributed by atoms with Gasteiger partial charge in [-0.05, 0) is 42.7 Å². The molecule has 1 unspecified atom stereocenters. The molecular weight excluding hydrogens is 434 g/mol. The molecule has 7 nitrogen and oxygen atoms in total. The lowest BCUT2D eigenvalue weighted by Crippen LogP contribution is -2.36. The number of ether oxygens (including phenoxy) is 1. The minimum Gasteiger partial charge on any atom is -0.496 e. The lowest BCUT2D eigenvalue weighted by Gasteiger charge is -2.27. The smallest absolute Gasteiger partial charge is 0.184 e. The maximum Gasteiger partial charge on any atom is 0.184 e. The quantitative estimate of drug-likeness (QED) is 0.353. The molecule has 33 heavy (non-hydrogen) atoms. The highest BCUT2D eigenvalue weighted by Gasteiger charge is 2.23. The zero-order valence-electron chi connectivity index (χ0n) is 18.5. The molecule has 4 aromatic rings. The number of nitrogens with zero attached hydrogens (tertiary/aromatic N) is 3. The van der Waals surface area contributed by atoms with E-state index in [1.807, 2.05) is 30.3 Å². The van der Waals surface area contributed by atoms with Gasteiger partial charge in [0.15, 0.2) is 5.13 Å². The van der Waals surface area contributed by atoms with Gasteiger partial charge in [0.05, 0.1) is 47.6 Å². The Morgan fingerprint density at radius 2 is 1.97 bits per heavy atom. The third-order valence-corrected chi connectivity index (χ3v) is 6.93. The van der Waals surface area contributed by atoms with Crippen LogP contribution in [0.15, 0.2) is 54.9 Å². The molecule has 0 aliphatic heterocycles. The van der Waals surface area contributed by atoms with Crippen molar-refractivity contribution < 1.29 is 9.84 Å². The molecule has 0 amide bonds. The molecule has 8 heteroatoms. The molecule has 2 aromatic carbocycles. The standard InChI is InChI=1S/C25H27N5O2S/c1-32-22-9-5-2-6-17(22)20-14-26-15-24(28-20)27-13-16-10-11-19-23(12-16)33-25(30-19)29-18-7-3-4-8-21(18)31/h2,5-6,9-12,14-15,18,21,31H,3-4,7-8,13H2,1H3,(H,27,28)(H,29,30)/t18?,21-/m1/s1. The fraction of sp³-hybridized carbons (Fsp3) is 0.320. The van der Waals surface area contributed by atoms with Crippen LogP contribution < -0.4 is 15.4 Å². The second-order valence-electron chi connectivity index (χ2n) is 8.27. The third kappa shape index (κ3) is 4.91. The molecule has 5 rings (SSSR count). The Bertz CT molecular complexity index is 1240. The van der Waals surface area contributed by atoms with Crippen molar-refractivity contribution in [2.24, 2.45) is 0 Å². The molecule has 1 aliphatic rings. The first-order chi connectivity index (χ1) is 16.2. The number of aromatic nitrogens is 3. The number of aliphatic hydroxyl groups excluding tert-OH is 1. The van der Waals surface area contributed by atoms with Gasteiger partial charge in [-0.25, -0.2) is 9.97 Å². The van der Waals surface area contributed by atoms with E-state index >= 15 is 0 Å². The van der Waals surface area contributed by atoms with E-state index in [9.17, 15) is 5.11 Å². The highest BCUT2D eigenvalue weighted by Crippen LogP contribution is 2.31. The monoisotopic (exact) mass is 461 g/mol. The number of rotatable bonds is 7. The van der Waals surface area contributed by atoms with Crippen LogP contribution in [-0.4, -0.2) is 39.3 Å².